The molecular formula is C12H9N5O2S. The van der Waals surface area contributed by atoms with Gasteiger partial charge in [0.2, 0.25) is 5.82 Å². The number of H-pyrrole nitrogens is 1. The van der Waals surface area contributed by atoms with Crippen molar-refractivity contribution in [1.82, 2.24) is 24.6 Å². The van der Waals surface area contributed by atoms with Crippen LogP contribution in [0.25, 0.3) is 27.6 Å². The quantitative estimate of drug-likeness (QED) is 0.577. The van der Waals surface area contributed by atoms with Crippen LogP contribution in [0, 0.1) is 13.8 Å². The third kappa shape index (κ3) is 1.51. The van der Waals surface area contributed by atoms with Crippen molar-refractivity contribution in [1.29, 1.82) is 0 Å². The lowest BCUT2D eigenvalue weighted by Crippen LogP contribution is -1.98. The van der Waals surface area contributed by atoms with Gasteiger partial charge in [-0.25, -0.2) is 9.97 Å². The molecule has 0 aliphatic rings. The summed E-state index contributed by atoms with van der Waals surface area (Å²) in [6.45, 7) is 3.66. The molecule has 0 aliphatic carbocycles. The molecule has 1 N–H and O–H groups in total. The summed E-state index contributed by atoms with van der Waals surface area (Å²) in [6, 6.07) is 3.68. The van der Waals surface area contributed by atoms with E-state index in [0.29, 0.717) is 33.4 Å². The number of aromatic amines is 1. The first-order valence-electron chi connectivity index (χ1n) is 5.95. The number of aromatic nitrogens is 5. The minimum Gasteiger partial charge on any atom is -0.458 e. The van der Waals surface area contributed by atoms with E-state index in [1.165, 1.54) is 0 Å². The molecule has 0 saturated heterocycles. The van der Waals surface area contributed by atoms with Crippen LogP contribution in [0.3, 0.4) is 0 Å². The van der Waals surface area contributed by atoms with Crippen molar-refractivity contribution in [2.45, 2.75) is 13.8 Å². The van der Waals surface area contributed by atoms with E-state index in [0.717, 1.165) is 17.1 Å². The molecule has 8 heteroatoms. The molecule has 0 saturated carbocycles. The predicted molar refractivity (Wildman–Crippen MR) is 74.0 cm³/mol. The molecule has 20 heavy (non-hydrogen) atoms. The maximum atomic E-state index is 11.5. The number of nitrogens with one attached hydrogen (secondary N) is 1. The zero-order valence-corrected chi connectivity index (χ0v) is 11.5. The normalized spacial score (nSPS) is 11.7. The number of aryl methyl sites for hydroxylation is 2. The van der Waals surface area contributed by atoms with Crippen LogP contribution in [0.5, 0.6) is 0 Å². The van der Waals surface area contributed by atoms with Crippen molar-refractivity contribution < 1.29 is 4.42 Å². The molecule has 0 aromatic carbocycles. The maximum absolute atomic E-state index is 11.5. The van der Waals surface area contributed by atoms with Gasteiger partial charge in [-0.05, 0) is 26.0 Å². The molecule has 0 fully saturated rings. The number of thiazole rings is 1. The van der Waals surface area contributed by atoms with Crippen LogP contribution in [0.1, 0.15) is 11.6 Å². The molecule has 0 bridgehead atoms. The van der Waals surface area contributed by atoms with Gasteiger partial charge < -0.3 is 4.42 Å². The van der Waals surface area contributed by atoms with E-state index < -0.39 is 0 Å². The van der Waals surface area contributed by atoms with Gasteiger partial charge in [0.15, 0.2) is 17.1 Å². The zero-order valence-electron chi connectivity index (χ0n) is 10.7. The van der Waals surface area contributed by atoms with Crippen molar-refractivity contribution in [3.8, 4) is 11.6 Å². The Hall–Kier alpha value is -2.48. The second-order valence-electron chi connectivity index (χ2n) is 4.43. The molecule has 100 valence electrons. The van der Waals surface area contributed by atoms with Crippen molar-refractivity contribution >= 4 is 27.3 Å². The molecule has 0 atom stereocenters. The summed E-state index contributed by atoms with van der Waals surface area (Å²) in [4.78, 5) is 22.9. The van der Waals surface area contributed by atoms with Crippen molar-refractivity contribution in [3.05, 3.63) is 33.4 Å². The molecule has 0 amide bonds. The number of furan rings is 1. The van der Waals surface area contributed by atoms with E-state index in [1.807, 2.05) is 19.1 Å². The minimum atomic E-state index is -0.164. The van der Waals surface area contributed by atoms with E-state index >= 15 is 0 Å². The largest absolute Gasteiger partial charge is 0.458 e. The molecular weight excluding hydrogens is 278 g/mol. The van der Waals surface area contributed by atoms with Gasteiger partial charge in [0.1, 0.15) is 16.3 Å². The maximum Gasteiger partial charge on any atom is 0.306 e. The third-order valence-corrected chi connectivity index (χ3v) is 3.79. The van der Waals surface area contributed by atoms with Gasteiger partial charge in [-0.1, -0.05) is 11.3 Å². The van der Waals surface area contributed by atoms with Crippen molar-refractivity contribution in [2.24, 2.45) is 0 Å². The van der Waals surface area contributed by atoms with Crippen LogP contribution in [0.4, 0.5) is 0 Å². The van der Waals surface area contributed by atoms with Gasteiger partial charge in [0, 0.05) is 0 Å². The minimum absolute atomic E-state index is 0.164. The fraction of sp³-hybridized carbons (Fsp3) is 0.167. The fourth-order valence-corrected chi connectivity index (χ4v) is 2.88. The lowest BCUT2D eigenvalue weighted by atomic mass is 10.4. The molecule has 0 spiro atoms. The SMILES string of the molecule is Cc1nc2c3sc(=O)[nH]c3nc(-c3ccc(C)o3)n2n1. The number of hydrogen-bond donors (Lipinski definition) is 1. The van der Waals surface area contributed by atoms with Crippen molar-refractivity contribution in [2.75, 3.05) is 0 Å². The molecule has 4 aromatic heterocycles. The lowest BCUT2D eigenvalue weighted by Gasteiger charge is -2.00. The Morgan fingerprint density at radius 3 is 2.90 bits per heavy atom. The Balaban J connectivity index is 2.19. The first-order valence-corrected chi connectivity index (χ1v) is 6.76. The summed E-state index contributed by atoms with van der Waals surface area (Å²) in [5.41, 5.74) is 1.11. The molecule has 7 nitrogen and oxygen atoms in total. The van der Waals surface area contributed by atoms with Gasteiger partial charge in [-0.15, -0.1) is 5.10 Å². The number of nitrogens with zero attached hydrogens (tertiary/aromatic N) is 4. The smallest absolute Gasteiger partial charge is 0.306 e. The summed E-state index contributed by atoms with van der Waals surface area (Å²) in [7, 11) is 0. The van der Waals surface area contributed by atoms with E-state index in [9.17, 15) is 4.79 Å². The number of rotatable bonds is 1. The Morgan fingerprint density at radius 1 is 1.30 bits per heavy atom. The van der Waals surface area contributed by atoms with Crippen LogP contribution in [0.2, 0.25) is 0 Å². The summed E-state index contributed by atoms with van der Waals surface area (Å²) >= 11 is 1.08. The Kier molecular flexibility index (Phi) is 2.14. The van der Waals surface area contributed by atoms with Crippen molar-refractivity contribution in [3.63, 3.8) is 0 Å². The van der Waals surface area contributed by atoms with E-state index in [1.54, 1.807) is 11.4 Å². The van der Waals surface area contributed by atoms with Gasteiger partial charge >= 0.3 is 4.87 Å². The van der Waals surface area contributed by atoms with Crippen LogP contribution in [-0.2, 0) is 0 Å². The molecule has 4 aromatic rings. The van der Waals surface area contributed by atoms with Crippen LogP contribution >= 0.6 is 11.3 Å². The number of fused-ring (bicyclic) bond motifs is 3. The second-order valence-corrected chi connectivity index (χ2v) is 5.42. The van der Waals surface area contributed by atoms with E-state index in [-0.39, 0.29) is 4.87 Å². The highest BCUT2D eigenvalue weighted by Gasteiger charge is 2.17. The van der Waals surface area contributed by atoms with Gasteiger partial charge in [0.05, 0.1) is 0 Å². The molecule has 0 unspecified atom stereocenters. The highest BCUT2D eigenvalue weighted by Crippen LogP contribution is 2.26. The Bertz CT molecular complexity index is 1010. The van der Waals surface area contributed by atoms with E-state index in [2.05, 4.69) is 20.1 Å². The van der Waals surface area contributed by atoms with E-state index in [4.69, 9.17) is 4.42 Å². The summed E-state index contributed by atoms with van der Waals surface area (Å²) in [5.74, 6) is 2.51. The summed E-state index contributed by atoms with van der Waals surface area (Å²) < 4.78 is 7.91. The molecule has 4 rings (SSSR count). The van der Waals surface area contributed by atoms with Gasteiger partial charge in [-0.3, -0.25) is 9.78 Å². The predicted octanol–water partition coefficient (Wildman–Crippen LogP) is 1.90. The highest BCUT2D eigenvalue weighted by atomic mass is 32.1. The average molecular weight is 287 g/mol. The monoisotopic (exact) mass is 287 g/mol. The molecule has 4 heterocycles. The van der Waals surface area contributed by atoms with Gasteiger partial charge in [-0.2, -0.15) is 4.52 Å². The van der Waals surface area contributed by atoms with Crippen LogP contribution < -0.4 is 4.87 Å². The fourth-order valence-electron chi connectivity index (χ4n) is 2.13. The standard InChI is InChI=1S/C12H9N5O2S/c1-5-3-4-7(19-5)10-14-9-8(20-12(18)15-9)11-13-6(2)16-17(10)11/h3-4H,1-2H3,(H,15,18). The summed E-state index contributed by atoms with van der Waals surface area (Å²) in [5, 5.41) is 4.33. The first kappa shape index (κ1) is 11.4. The topological polar surface area (TPSA) is 89.1 Å². The van der Waals surface area contributed by atoms with Crippen LogP contribution in [0.15, 0.2) is 21.3 Å². The second kappa shape index (κ2) is 3.76. The summed E-state index contributed by atoms with van der Waals surface area (Å²) in [6.07, 6.45) is 0. The van der Waals surface area contributed by atoms with Gasteiger partial charge in [0.25, 0.3) is 0 Å². The lowest BCUT2D eigenvalue weighted by molar-refractivity contribution is 0.542. The molecule has 0 radical (unpaired) electrons. The average Bonchev–Trinajstić information content (AvgIpc) is 3.05. The number of hydrogen-bond acceptors (Lipinski definition) is 6. The van der Waals surface area contributed by atoms with Crippen LogP contribution in [-0.4, -0.2) is 24.6 Å². The third-order valence-electron chi connectivity index (χ3n) is 2.93. The first-order chi connectivity index (χ1) is 9.61. The molecule has 0 aliphatic heterocycles. The Morgan fingerprint density at radius 2 is 2.15 bits per heavy atom. The zero-order chi connectivity index (χ0) is 13.9. The Labute approximate surface area is 115 Å². The highest BCUT2D eigenvalue weighted by molar-refractivity contribution is 7.17.